The summed E-state index contributed by atoms with van der Waals surface area (Å²) in [5.74, 6) is -0.716. The van der Waals surface area contributed by atoms with Crippen molar-refractivity contribution in [1.29, 1.82) is 0 Å². The van der Waals surface area contributed by atoms with Crippen LogP contribution in [0.2, 0.25) is 0 Å². The Hall–Kier alpha value is -7.68. The molecule has 0 aliphatic carbocycles. The van der Waals surface area contributed by atoms with Crippen LogP contribution in [-0.2, 0) is 45.1 Å². The van der Waals surface area contributed by atoms with Gasteiger partial charge in [0, 0.05) is 50.4 Å². The van der Waals surface area contributed by atoms with Gasteiger partial charge in [-0.2, -0.15) is 0 Å². The first kappa shape index (κ1) is 47.4. The summed E-state index contributed by atoms with van der Waals surface area (Å²) in [5.41, 5.74) is 8.62. The van der Waals surface area contributed by atoms with Crippen molar-refractivity contribution in [3.05, 3.63) is 178 Å². The quantitative estimate of drug-likeness (QED) is 0.103. The van der Waals surface area contributed by atoms with Crippen LogP contribution in [0.15, 0.2) is 133 Å². The van der Waals surface area contributed by atoms with E-state index in [0.717, 1.165) is 46.2 Å². The number of anilines is 2. The van der Waals surface area contributed by atoms with Gasteiger partial charge in [-0.1, -0.05) is 98.8 Å². The van der Waals surface area contributed by atoms with Crippen molar-refractivity contribution in [2.75, 3.05) is 23.9 Å². The molecule has 0 unspecified atom stereocenters. The molecule has 0 bridgehead atoms. The van der Waals surface area contributed by atoms with E-state index in [9.17, 15) is 39.6 Å². The molecule has 0 saturated carbocycles. The summed E-state index contributed by atoms with van der Waals surface area (Å²) >= 11 is 0. The molecule has 0 aromatic heterocycles. The maximum Gasteiger partial charge on any atom is 0.321 e. The first-order chi connectivity index (χ1) is 33.7. The van der Waals surface area contributed by atoms with Crippen molar-refractivity contribution in [2.24, 2.45) is 0 Å². The maximum atomic E-state index is 13.1. The molecule has 6 atom stereocenters. The van der Waals surface area contributed by atoms with Crippen molar-refractivity contribution < 1.29 is 49.1 Å². The van der Waals surface area contributed by atoms with Gasteiger partial charge in [0.2, 0.25) is 12.2 Å². The summed E-state index contributed by atoms with van der Waals surface area (Å²) in [4.78, 5) is 58.0. The Morgan fingerprint density at radius 2 is 0.900 bits per heavy atom. The molecule has 14 heteroatoms. The van der Waals surface area contributed by atoms with Gasteiger partial charge in [0.1, 0.15) is 35.1 Å². The van der Waals surface area contributed by atoms with Crippen molar-refractivity contribution in [3.63, 3.8) is 0 Å². The Labute approximate surface area is 406 Å². The lowest BCUT2D eigenvalue weighted by Gasteiger charge is -2.41. The number of carboxylic acids is 2. The van der Waals surface area contributed by atoms with Crippen molar-refractivity contribution in [3.8, 4) is 23.0 Å². The van der Waals surface area contributed by atoms with Gasteiger partial charge in [-0.15, -0.1) is 0 Å². The number of carbonyl (C=O) groups excluding carboxylic acids is 2. The number of nitrogens with zero attached hydrogens (tertiary/aromatic N) is 4. The fraction of sp³-hybridized carbons (Fsp3) is 0.286. The molecule has 70 heavy (non-hydrogen) atoms. The average Bonchev–Trinajstić information content (AvgIpc) is 3.36. The predicted octanol–water partition coefficient (Wildman–Crippen LogP) is 8.90. The van der Waals surface area contributed by atoms with Crippen LogP contribution >= 0.6 is 0 Å². The van der Waals surface area contributed by atoms with Crippen molar-refractivity contribution >= 4 is 35.1 Å². The van der Waals surface area contributed by atoms with Gasteiger partial charge in [0.15, 0.2) is 0 Å². The third-order valence-corrected chi connectivity index (χ3v) is 14.1. The number of hydrogen-bond donors (Lipinski definition) is 4. The molecular formula is C56H56N4O10. The highest BCUT2D eigenvalue weighted by atomic mass is 16.5. The van der Waals surface area contributed by atoms with Gasteiger partial charge >= 0.3 is 11.9 Å². The average molecular weight is 945 g/mol. The molecule has 0 spiro atoms. The zero-order valence-corrected chi connectivity index (χ0v) is 39.4. The fourth-order valence-electron chi connectivity index (χ4n) is 10.4. The van der Waals surface area contributed by atoms with E-state index in [-0.39, 0.29) is 35.4 Å². The van der Waals surface area contributed by atoms with Crippen LogP contribution in [0.1, 0.15) is 95.5 Å². The largest absolute Gasteiger partial charge is 0.508 e. The van der Waals surface area contributed by atoms with Gasteiger partial charge in [-0.05, 0) is 108 Å². The Balaban J connectivity index is 0.000000174. The number of hydrogen-bond acceptors (Lipinski definition) is 10. The van der Waals surface area contributed by atoms with Crippen molar-refractivity contribution in [1.82, 2.24) is 9.80 Å². The number of carbonyl (C=O) groups is 4. The lowest BCUT2D eigenvalue weighted by atomic mass is 9.89. The molecule has 4 aliphatic rings. The van der Waals surface area contributed by atoms with Gasteiger partial charge in [-0.3, -0.25) is 29.0 Å². The van der Waals surface area contributed by atoms with E-state index in [0.29, 0.717) is 59.9 Å². The number of fused-ring (bicyclic) bond motifs is 4. The second-order valence-corrected chi connectivity index (χ2v) is 18.3. The second kappa shape index (κ2) is 19.7. The van der Waals surface area contributed by atoms with E-state index >= 15 is 0 Å². The van der Waals surface area contributed by atoms with E-state index in [1.54, 1.807) is 48.2 Å². The predicted molar refractivity (Wildman–Crippen MR) is 263 cm³/mol. The number of aromatic hydroxyl groups is 2. The normalized spacial score (nSPS) is 20.5. The molecule has 4 heterocycles. The smallest absolute Gasteiger partial charge is 0.321 e. The fourth-order valence-corrected chi connectivity index (χ4v) is 10.4. The van der Waals surface area contributed by atoms with Crippen LogP contribution in [-0.4, -0.2) is 80.2 Å². The number of benzene rings is 6. The van der Waals surface area contributed by atoms with E-state index in [2.05, 4.69) is 23.6 Å². The van der Waals surface area contributed by atoms with Gasteiger partial charge < -0.3 is 39.7 Å². The summed E-state index contributed by atoms with van der Waals surface area (Å²) in [5, 5.41) is 39.4. The summed E-state index contributed by atoms with van der Waals surface area (Å²) in [6, 6.07) is 39.2. The molecule has 0 fully saturated rings. The zero-order valence-electron chi connectivity index (χ0n) is 39.4. The highest BCUT2D eigenvalue weighted by molar-refractivity contribution is 6.01. The van der Waals surface area contributed by atoms with Gasteiger partial charge in [0.25, 0.3) is 11.8 Å². The molecule has 4 aliphatic heterocycles. The lowest BCUT2D eigenvalue weighted by molar-refractivity contribution is -0.146. The molecule has 0 saturated heterocycles. The number of phenolic OH excluding ortho intramolecular Hbond substituents is 2. The summed E-state index contributed by atoms with van der Waals surface area (Å²) in [6.07, 6.45) is 0.640. The number of likely N-dealkylation sites (N-methyl/N-ethyl adjacent to an activating group) is 2. The van der Waals surface area contributed by atoms with Crippen LogP contribution in [0.25, 0.3) is 0 Å². The van der Waals surface area contributed by atoms with Crippen LogP contribution < -0.4 is 19.3 Å². The third-order valence-electron chi connectivity index (χ3n) is 14.1. The van der Waals surface area contributed by atoms with Crippen LogP contribution in [0.3, 0.4) is 0 Å². The van der Waals surface area contributed by atoms with E-state index in [1.165, 1.54) is 24.3 Å². The SMILES string of the molecule is CC[C@@H](c1ccccc1)N1Cc2cc3c(cc2C[C@H]1C(=O)O)N(C)C(=O)[C@@H](c1ccc(O)cc1)O3.CC[C@H](c1ccccc1)N1Cc2cc3c(cc2C[C@H]1C(=O)O)N(C)C(=O)[C@@H](c1ccc(O)cc1)O3. The van der Waals surface area contributed by atoms with Crippen molar-refractivity contribution in [2.45, 2.75) is 89.0 Å². The van der Waals surface area contributed by atoms with Gasteiger partial charge in [0.05, 0.1) is 11.4 Å². The number of aliphatic carboxylic acids is 2. The van der Waals surface area contributed by atoms with Gasteiger partial charge in [-0.25, -0.2) is 0 Å². The number of carboxylic acid groups (broad SMARTS) is 2. The molecule has 4 N–H and O–H groups in total. The Bertz CT molecular complexity index is 2720. The lowest BCUT2D eigenvalue weighted by Crippen LogP contribution is -2.47. The first-order valence-corrected chi connectivity index (χ1v) is 23.6. The minimum Gasteiger partial charge on any atom is -0.508 e. The molecule has 360 valence electrons. The number of phenols is 2. The minimum absolute atomic E-state index is 0.0311. The Morgan fingerprint density at radius 1 is 0.543 bits per heavy atom. The molecule has 6 aromatic carbocycles. The summed E-state index contributed by atoms with van der Waals surface area (Å²) < 4.78 is 12.4. The highest BCUT2D eigenvalue weighted by Crippen LogP contribution is 2.45. The van der Waals surface area contributed by atoms with E-state index < -0.39 is 36.2 Å². The van der Waals surface area contributed by atoms with Crippen LogP contribution in [0, 0.1) is 0 Å². The third kappa shape index (κ3) is 9.15. The van der Waals surface area contributed by atoms with E-state index in [4.69, 9.17) is 9.47 Å². The zero-order chi connectivity index (χ0) is 49.4. The number of rotatable bonds is 10. The molecule has 14 nitrogen and oxygen atoms in total. The number of amides is 2. The molecule has 10 rings (SSSR count). The summed E-state index contributed by atoms with van der Waals surface area (Å²) in [7, 11) is 3.41. The molecule has 2 amide bonds. The molecular weight excluding hydrogens is 889 g/mol. The molecule has 0 radical (unpaired) electrons. The monoisotopic (exact) mass is 944 g/mol. The minimum atomic E-state index is -0.851. The standard InChI is InChI=1S/2C28H28N2O5/c2*1-3-22(17-7-5-4-6-8-17)30-16-20-15-25-23(13-19(20)14-24(30)28(33)34)29(2)27(32)26(35-25)18-9-11-21(31)12-10-18/h2*4-13,15,22,24,26,31H,3,14,16H2,1-2H3,(H,33,34)/t22-,24+,26-;22-,24-,26+/m10/s1. The molecule has 6 aromatic rings. The van der Waals surface area contributed by atoms with Crippen LogP contribution in [0.5, 0.6) is 23.0 Å². The Morgan fingerprint density at radius 3 is 1.23 bits per heavy atom. The van der Waals surface area contributed by atoms with E-state index in [1.807, 2.05) is 84.9 Å². The Kier molecular flexibility index (Phi) is 13.4. The topological polar surface area (TPSA) is 181 Å². The number of ether oxygens (including phenoxy) is 2. The second-order valence-electron chi connectivity index (χ2n) is 18.3. The van der Waals surface area contributed by atoms with Crippen LogP contribution in [0.4, 0.5) is 11.4 Å². The maximum absolute atomic E-state index is 13.1. The first-order valence-electron chi connectivity index (χ1n) is 23.6. The highest BCUT2D eigenvalue weighted by Gasteiger charge is 2.41. The summed E-state index contributed by atoms with van der Waals surface area (Å²) in [6.45, 7) is 5.09.